The van der Waals surface area contributed by atoms with Crippen LogP contribution < -0.4 is 10.6 Å². The molecule has 23 heavy (non-hydrogen) atoms. The van der Waals surface area contributed by atoms with Crippen molar-refractivity contribution in [1.82, 2.24) is 25.4 Å². The quantitative estimate of drug-likeness (QED) is 0.872. The Bertz CT molecular complexity index is 709. The summed E-state index contributed by atoms with van der Waals surface area (Å²) in [5, 5.41) is 11.2. The van der Waals surface area contributed by atoms with E-state index in [1.165, 1.54) is 5.56 Å². The molecule has 0 radical (unpaired) electrons. The number of pyridine rings is 1. The third kappa shape index (κ3) is 2.86. The fourth-order valence-electron chi connectivity index (χ4n) is 3.54. The largest absolute Gasteiger partial charge is 0.349 e. The zero-order valence-corrected chi connectivity index (χ0v) is 13.1. The molecule has 0 fully saturated rings. The average Bonchev–Trinajstić information content (AvgIpc) is 2.95. The molecule has 120 valence electrons. The number of aryl methyl sites for hydroxylation is 1. The highest BCUT2D eigenvalue weighted by atomic mass is 16.2. The molecule has 2 N–H and O–H groups in total. The van der Waals surface area contributed by atoms with Crippen molar-refractivity contribution in [2.75, 3.05) is 13.1 Å². The van der Waals surface area contributed by atoms with Crippen LogP contribution >= 0.6 is 0 Å². The molecule has 1 amide bonds. The molecule has 1 atom stereocenters. The molecule has 3 heterocycles. The number of amides is 1. The number of rotatable bonds is 4. The first-order valence-electron chi connectivity index (χ1n) is 8.30. The first-order chi connectivity index (χ1) is 11.3. The lowest BCUT2D eigenvalue weighted by molar-refractivity contribution is 0.0923. The van der Waals surface area contributed by atoms with Crippen LogP contribution in [0.5, 0.6) is 0 Å². The predicted octanol–water partition coefficient (Wildman–Crippen LogP) is 0.711. The minimum absolute atomic E-state index is 0.0287. The number of hydrogen-bond acceptors (Lipinski definition) is 4. The highest BCUT2D eigenvalue weighted by Gasteiger charge is 2.30. The second kappa shape index (κ2) is 6.12. The minimum atomic E-state index is 0.0287. The van der Waals surface area contributed by atoms with Gasteiger partial charge in [0, 0.05) is 30.5 Å². The standard InChI is InChI=1S/C17H21N5O/c23-17-16-14-10-13(19-7-5-12-2-1-6-18-11-12)3-4-15(14)21-22(16)9-8-20-17/h1-2,6,11,13,19H,3-5,7-10H2,(H,20,23). The second-order valence-corrected chi connectivity index (χ2v) is 6.26. The van der Waals surface area contributed by atoms with Gasteiger partial charge in [-0.15, -0.1) is 0 Å². The third-order valence-corrected chi connectivity index (χ3v) is 4.71. The van der Waals surface area contributed by atoms with Crippen LogP contribution in [0.1, 0.15) is 33.7 Å². The van der Waals surface area contributed by atoms with Crippen molar-refractivity contribution in [2.45, 2.75) is 38.3 Å². The lowest BCUT2D eigenvalue weighted by Gasteiger charge is -2.24. The van der Waals surface area contributed by atoms with Crippen LogP contribution in [0.3, 0.4) is 0 Å². The Morgan fingerprint density at radius 1 is 1.43 bits per heavy atom. The highest BCUT2D eigenvalue weighted by Crippen LogP contribution is 2.25. The number of carbonyl (C=O) groups is 1. The van der Waals surface area contributed by atoms with Gasteiger partial charge < -0.3 is 10.6 Å². The van der Waals surface area contributed by atoms with Crippen LogP contribution in [0.4, 0.5) is 0 Å². The fraction of sp³-hybridized carbons (Fsp3) is 0.471. The van der Waals surface area contributed by atoms with Gasteiger partial charge in [0.25, 0.3) is 5.91 Å². The molecule has 0 bridgehead atoms. The molecule has 1 aliphatic carbocycles. The molecule has 0 saturated carbocycles. The van der Waals surface area contributed by atoms with Crippen LogP contribution in [-0.2, 0) is 25.8 Å². The number of fused-ring (bicyclic) bond motifs is 3. The monoisotopic (exact) mass is 311 g/mol. The van der Waals surface area contributed by atoms with Gasteiger partial charge in [0.2, 0.25) is 0 Å². The normalized spacial score (nSPS) is 19.8. The van der Waals surface area contributed by atoms with E-state index in [1.54, 1.807) is 6.20 Å². The van der Waals surface area contributed by atoms with Gasteiger partial charge in [-0.1, -0.05) is 6.07 Å². The van der Waals surface area contributed by atoms with Crippen molar-refractivity contribution in [2.24, 2.45) is 0 Å². The van der Waals surface area contributed by atoms with E-state index in [9.17, 15) is 4.79 Å². The van der Waals surface area contributed by atoms with Crippen LogP contribution in [0, 0.1) is 0 Å². The Morgan fingerprint density at radius 2 is 2.39 bits per heavy atom. The summed E-state index contributed by atoms with van der Waals surface area (Å²) in [5.41, 5.74) is 4.29. The van der Waals surface area contributed by atoms with E-state index >= 15 is 0 Å². The summed E-state index contributed by atoms with van der Waals surface area (Å²) in [6.07, 6.45) is 7.62. The van der Waals surface area contributed by atoms with Gasteiger partial charge in [0.1, 0.15) is 5.69 Å². The van der Waals surface area contributed by atoms with Gasteiger partial charge in [0.05, 0.1) is 12.2 Å². The number of carbonyl (C=O) groups excluding carboxylic acids is 1. The number of aromatic nitrogens is 3. The molecule has 2 aliphatic rings. The fourth-order valence-corrected chi connectivity index (χ4v) is 3.54. The number of hydrogen-bond donors (Lipinski definition) is 2. The molecular weight excluding hydrogens is 290 g/mol. The topological polar surface area (TPSA) is 71.8 Å². The van der Waals surface area contributed by atoms with Crippen molar-refractivity contribution in [3.63, 3.8) is 0 Å². The smallest absolute Gasteiger partial charge is 0.269 e. The molecular formula is C17H21N5O. The van der Waals surface area contributed by atoms with Gasteiger partial charge in [-0.2, -0.15) is 5.10 Å². The summed E-state index contributed by atoms with van der Waals surface area (Å²) in [6, 6.07) is 4.49. The van der Waals surface area contributed by atoms with Crippen molar-refractivity contribution in [3.8, 4) is 0 Å². The van der Waals surface area contributed by atoms with Crippen molar-refractivity contribution in [1.29, 1.82) is 0 Å². The van der Waals surface area contributed by atoms with Gasteiger partial charge in [-0.3, -0.25) is 14.5 Å². The van der Waals surface area contributed by atoms with E-state index in [1.807, 2.05) is 16.9 Å². The van der Waals surface area contributed by atoms with Gasteiger partial charge in [-0.05, 0) is 43.9 Å². The molecule has 0 spiro atoms. The van der Waals surface area contributed by atoms with Crippen LogP contribution in [0.2, 0.25) is 0 Å². The van der Waals surface area contributed by atoms with E-state index in [0.717, 1.165) is 55.7 Å². The number of nitrogens with zero attached hydrogens (tertiary/aromatic N) is 3. The lowest BCUT2D eigenvalue weighted by atomic mass is 9.91. The molecule has 6 nitrogen and oxygen atoms in total. The van der Waals surface area contributed by atoms with Crippen molar-refractivity contribution >= 4 is 5.91 Å². The second-order valence-electron chi connectivity index (χ2n) is 6.26. The molecule has 2 aromatic rings. The molecule has 1 aliphatic heterocycles. The summed E-state index contributed by atoms with van der Waals surface area (Å²) in [7, 11) is 0. The van der Waals surface area contributed by atoms with Crippen LogP contribution in [0.25, 0.3) is 0 Å². The SMILES string of the molecule is O=C1NCCn2nc3c(c21)CC(NCCc1cccnc1)CC3. The first kappa shape index (κ1) is 14.4. The third-order valence-electron chi connectivity index (χ3n) is 4.71. The summed E-state index contributed by atoms with van der Waals surface area (Å²) in [4.78, 5) is 16.3. The molecule has 1 unspecified atom stereocenters. The maximum Gasteiger partial charge on any atom is 0.269 e. The van der Waals surface area contributed by atoms with Crippen molar-refractivity contribution < 1.29 is 4.79 Å². The average molecular weight is 311 g/mol. The molecule has 6 heteroatoms. The van der Waals surface area contributed by atoms with E-state index in [4.69, 9.17) is 0 Å². The lowest BCUT2D eigenvalue weighted by Crippen LogP contribution is -2.38. The van der Waals surface area contributed by atoms with Gasteiger partial charge >= 0.3 is 0 Å². The van der Waals surface area contributed by atoms with E-state index in [0.29, 0.717) is 12.6 Å². The molecule has 4 rings (SSSR count). The summed E-state index contributed by atoms with van der Waals surface area (Å²) in [5.74, 6) is 0.0287. The summed E-state index contributed by atoms with van der Waals surface area (Å²) < 4.78 is 1.89. The molecule has 0 aromatic carbocycles. The van der Waals surface area contributed by atoms with E-state index < -0.39 is 0 Å². The predicted molar refractivity (Wildman–Crippen MR) is 86.3 cm³/mol. The minimum Gasteiger partial charge on any atom is -0.349 e. The molecule has 2 aromatic heterocycles. The Morgan fingerprint density at radius 3 is 3.26 bits per heavy atom. The zero-order chi connectivity index (χ0) is 15.6. The van der Waals surface area contributed by atoms with E-state index in [-0.39, 0.29) is 5.91 Å². The summed E-state index contributed by atoms with van der Waals surface area (Å²) >= 11 is 0. The Labute approximate surface area is 135 Å². The Balaban J connectivity index is 1.41. The highest BCUT2D eigenvalue weighted by molar-refractivity contribution is 5.95. The van der Waals surface area contributed by atoms with Crippen LogP contribution in [-0.4, -0.2) is 39.8 Å². The van der Waals surface area contributed by atoms with Gasteiger partial charge in [0.15, 0.2) is 0 Å². The maximum absolute atomic E-state index is 12.1. The van der Waals surface area contributed by atoms with Crippen molar-refractivity contribution in [3.05, 3.63) is 47.0 Å². The zero-order valence-electron chi connectivity index (χ0n) is 13.1. The summed E-state index contributed by atoms with van der Waals surface area (Å²) in [6.45, 7) is 2.40. The molecule has 0 saturated heterocycles. The Hall–Kier alpha value is -2.21. The van der Waals surface area contributed by atoms with E-state index in [2.05, 4.69) is 26.8 Å². The Kier molecular flexibility index (Phi) is 3.83. The maximum atomic E-state index is 12.1. The number of nitrogens with one attached hydrogen (secondary N) is 2. The van der Waals surface area contributed by atoms with Crippen LogP contribution in [0.15, 0.2) is 24.5 Å². The first-order valence-corrected chi connectivity index (χ1v) is 8.30. The van der Waals surface area contributed by atoms with Gasteiger partial charge in [-0.25, -0.2) is 0 Å².